The summed E-state index contributed by atoms with van der Waals surface area (Å²) < 4.78 is 0. The number of nitro benzene ring substituents is 1. The topological polar surface area (TPSA) is 92.5 Å². The third kappa shape index (κ3) is 3.24. The standard InChI is InChI=1S/C13H8Cl2N2O4/c14-9-2-1-3-11(12(9)17(20)21)16-7-4-5-8(13(18)19)10(15)6-7/h1-6,16H,(H,18,19). The number of aromatic carboxylic acids is 1. The Morgan fingerprint density at radius 3 is 2.48 bits per heavy atom. The van der Waals surface area contributed by atoms with Gasteiger partial charge in [-0.1, -0.05) is 29.3 Å². The van der Waals surface area contributed by atoms with Gasteiger partial charge in [0.2, 0.25) is 0 Å². The maximum absolute atomic E-state index is 11.0. The third-order valence-corrected chi connectivity index (χ3v) is 3.27. The molecule has 8 heteroatoms. The van der Waals surface area contributed by atoms with Crippen LogP contribution in [0.3, 0.4) is 0 Å². The summed E-state index contributed by atoms with van der Waals surface area (Å²) in [6, 6.07) is 8.60. The first-order chi connectivity index (χ1) is 9.90. The van der Waals surface area contributed by atoms with Gasteiger partial charge < -0.3 is 10.4 Å². The molecule has 108 valence electrons. The van der Waals surface area contributed by atoms with Gasteiger partial charge in [-0.3, -0.25) is 10.1 Å². The first-order valence-corrected chi connectivity index (χ1v) is 6.38. The fourth-order valence-corrected chi connectivity index (χ4v) is 2.23. The third-order valence-electron chi connectivity index (χ3n) is 2.65. The number of carboxylic acid groups (broad SMARTS) is 1. The molecule has 0 bridgehead atoms. The minimum atomic E-state index is -1.15. The van der Waals surface area contributed by atoms with Crippen molar-refractivity contribution in [1.82, 2.24) is 0 Å². The molecular weight excluding hydrogens is 319 g/mol. The molecule has 0 saturated carbocycles. The lowest BCUT2D eigenvalue weighted by Crippen LogP contribution is -2.00. The maximum atomic E-state index is 11.0. The Hall–Kier alpha value is -2.31. The number of nitrogens with zero attached hydrogens (tertiary/aromatic N) is 1. The second-order valence-electron chi connectivity index (χ2n) is 4.02. The van der Waals surface area contributed by atoms with E-state index < -0.39 is 10.9 Å². The van der Waals surface area contributed by atoms with Gasteiger partial charge in [0.15, 0.2) is 0 Å². The summed E-state index contributed by atoms with van der Waals surface area (Å²) in [4.78, 5) is 21.3. The van der Waals surface area contributed by atoms with Crippen LogP contribution in [0.15, 0.2) is 36.4 Å². The Morgan fingerprint density at radius 2 is 1.90 bits per heavy atom. The monoisotopic (exact) mass is 326 g/mol. The summed E-state index contributed by atoms with van der Waals surface area (Å²) in [7, 11) is 0. The van der Waals surface area contributed by atoms with Gasteiger partial charge in [0, 0.05) is 5.69 Å². The molecule has 0 amide bonds. The van der Waals surface area contributed by atoms with E-state index in [1.807, 2.05) is 0 Å². The Kier molecular flexibility index (Phi) is 4.30. The first-order valence-electron chi connectivity index (χ1n) is 5.63. The van der Waals surface area contributed by atoms with E-state index in [2.05, 4.69) is 5.32 Å². The number of hydrogen-bond donors (Lipinski definition) is 2. The number of halogens is 2. The van der Waals surface area contributed by atoms with Crippen molar-refractivity contribution in [2.75, 3.05) is 5.32 Å². The molecule has 21 heavy (non-hydrogen) atoms. The van der Waals surface area contributed by atoms with E-state index in [0.717, 1.165) is 0 Å². The Bertz CT molecular complexity index is 734. The average Bonchev–Trinajstić information content (AvgIpc) is 2.37. The number of rotatable bonds is 4. The summed E-state index contributed by atoms with van der Waals surface area (Å²) >= 11 is 11.6. The summed E-state index contributed by atoms with van der Waals surface area (Å²) in [6.45, 7) is 0. The van der Waals surface area contributed by atoms with Gasteiger partial charge in [-0.2, -0.15) is 0 Å². The second kappa shape index (κ2) is 5.99. The van der Waals surface area contributed by atoms with Crippen molar-refractivity contribution in [1.29, 1.82) is 0 Å². The molecule has 0 aliphatic carbocycles. The van der Waals surface area contributed by atoms with E-state index in [9.17, 15) is 14.9 Å². The number of anilines is 2. The van der Waals surface area contributed by atoms with Crippen molar-refractivity contribution < 1.29 is 14.8 Å². The van der Waals surface area contributed by atoms with Gasteiger partial charge >= 0.3 is 11.7 Å². The van der Waals surface area contributed by atoms with Crippen molar-refractivity contribution >= 4 is 46.2 Å². The summed E-state index contributed by atoms with van der Waals surface area (Å²) in [5.41, 5.74) is 0.280. The first kappa shape index (κ1) is 15.1. The van der Waals surface area contributed by atoms with Crippen molar-refractivity contribution in [2.45, 2.75) is 0 Å². The quantitative estimate of drug-likeness (QED) is 0.643. The van der Waals surface area contributed by atoms with Crippen LogP contribution >= 0.6 is 23.2 Å². The van der Waals surface area contributed by atoms with Gasteiger partial charge in [0.05, 0.1) is 15.5 Å². The van der Waals surface area contributed by atoms with Crippen LogP contribution in [-0.2, 0) is 0 Å². The lowest BCUT2D eigenvalue weighted by atomic mass is 10.2. The lowest BCUT2D eigenvalue weighted by Gasteiger charge is -2.09. The highest BCUT2D eigenvalue weighted by atomic mass is 35.5. The summed E-state index contributed by atoms with van der Waals surface area (Å²) in [6.07, 6.45) is 0. The Balaban J connectivity index is 2.39. The van der Waals surface area contributed by atoms with Crippen molar-refractivity contribution in [3.8, 4) is 0 Å². The molecule has 2 rings (SSSR count). The molecule has 2 aromatic rings. The Labute approximate surface area is 129 Å². The summed E-state index contributed by atoms with van der Waals surface area (Å²) in [5.74, 6) is -1.15. The zero-order valence-electron chi connectivity index (χ0n) is 10.3. The highest BCUT2D eigenvalue weighted by Gasteiger charge is 2.18. The number of carboxylic acids is 1. The lowest BCUT2D eigenvalue weighted by molar-refractivity contribution is -0.383. The Morgan fingerprint density at radius 1 is 1.19 bits per heavy atom. The van der Waals surface area contributed by atoms with Crippen LogP contribution in [0.4, 0.5) is 17.1 Å². The van der Waals surface area contributed by atoms with E-state index >= 15 is 0 Å². The van der Waals surface area contributed by atoms with E-state index in [0.29, 0.717) is 5.69 Å². The molecule has 0 aromatic heterocycles. The molecular formula is C13H8Cl2N2O4. The van der Waals surface area contributed by atoms with Crippen LogP contribution in [0.2, 0.25) is 10.0 Å². The van der Waals surface area contributed by atoms with Crippen LogP contribution in [0.1, 0.15) is 10.4 Å². The molecule has 0 spiro atoms. The molecule has 0 heterocycles. The minimum Gasteiger partial charge on any atom is -0.478 e. The smallest absolute Gasteiger partial charge is 0.337 e. The van der Waals surface area contributed by atoms with Gasteiger partial charge in [-0.05, 0) is 30.3 Å². The van der Waals surface area contributed by atoms with Gasteiger partial charge in [-0.25, -0.2) is 4.79 Å². The van der Waals surface area contributed by atoms with Gasteiger partial charge in [0.1, 0.15) is 10.7 Å². The number of para-hydroxylation sites is 1. The molecule has 0 fully saturated rings. The summed E-state index contributed by atoms with van der Waals surface area (Å²) in [5, 5.41) is 22.7. The normalized spacial score (nSPS) is 10.2. The molecule has 2 N–H and O–H groups in total. The maximum Gasteiger partial charge on any atom is 0.337 e. The molecule has 0 atom stereocenters. The molecule has 0 aliphatic heterocycles. The molecule has 6 nitrogen and oxygen atoms in total. The van der Waals surface area contributed by atoms with E-state index in [4.69, 9.17) is 28.3 Å². The highest BCUT2D eigenvalue weighted by Crippen LogP contribution is 2.34. The zero-order chi connectivity index (χ0) is 15.6. The fourth-order valence-electron chi connectivity index (χ4n) is 1.72. The van der Waals surface area contributed by atoms with E-state index in [1.54, 1.807) is 6.07 Å². The van der Waals surface area contributed by atoms with Crippen molar-refractivity contribution in [3.63, 3.8) is 0 Å². The average molecular weight is 327 g/mol. The predicted octanol–water partition coefficient (Wildman–Crippen LogP) is 4.34. The van der Waals surface area contributed by atoms with Crippen LogP contribution < -0.4 is 5.32 Å². The van der Waals surface area contributed by atoms with Gasteiger partial charge in [-0.15, -0.1) is 0 Å². The SMILES string of the molecule is O=C(O)c1ccc(Nc2cccc(Cl)c2[N+](=O)[O-])cc1Cl. The van der Waals surface area contributed by atoms with Crippen LogP contribution in [0.25, 0.3) is 0 Å². The van der Waals surface area contributed by atoms with Crippen molar-refractivity contribution in [2.24, 2.45) is 0 Å². The number of carbonyl (C=O) groups is 1. The number of nitrogens with one attached hydrogen (secondary N) is 1. The van der Waals surface area contributed by atoms with Crippen molar-refractivity contribution in [3.05, 3.63) is 62.1 Å². The molecule has 0 saturated heterocycles. The number of nitro groups is 1. The van der Waals surface area contributed by atoms with Crippen LogP contribution in [0.5, 0.6) is 0 Å². The predicted molar refractivity (Wildman–Crippen MR) is 79.8 cm³/mol. The second-order valence-corrected chi connectivity index (χ2v) is 4.83. The molecule has 0 radical (unpaired) electrons. The molecule has 0 aliphatic rings. The molecule has 2 aromatic carbocycles. The largest absolute Gasteiger partial charge is 0.478 e. The number of hydrogen-bond acceptors (Lipinski definition) is 4. The van der Waals surface area contributed by atoms with E-state index in [1.165, 1.54) is 30.3 Å². The van der Waals surface area contributed by atoms with Gasteiger partial charge in [0.25, 0.3) is 0 Å². The molecule has 0 unspecified atom stereocenters. The fraction of sp³-hybridized carbons (Fsp3) is 0. The van der Waals surface area contributed by atoms with E-state index in [-0.39, 0.29) is 27.0 Å². The highest BCUT2D eigenvalue weighted by molar-refractivity contribution is 6.34. The van der Waals surface area contributed by atoms with Crippen LogP contribution in [-0.4, -0.2) is 16.0 Å². The van der Waals surface area contributed by atoms with Crippen LogP contribution in [0, 0.1) is 10.1 Å². The number of benzene rings is 2. The minimum absolute atomic E-state index is 0.00162. The zero-order valence-corrected chi connectivity index (χ0v) is 11.9.